The highest BCUT2D eigenvalue weighted by molar-refractivity contribution is 9.10. The summed E-state index contributed by atoms with van der Waals surface area (Å²) in [4.78, 5) is 12.0. The zero-order valence-electron chi connectivity index (χ0n) is 9.26. The van der Waals surface area contributed by atoms with Crippen molar-refractivity contribution in [1.29, 1.82) is 5.26 Å². The number of nitriles is 1. The van der Waals surface area contributed by atoms with Crippen LogP contribution in [0.5, 0.6) is 0 Å². The van der Waals surface area contributed by atoms with Gasteiger partial charge in [0.15, 0.2) is 5.76 Å². The van der Waals surface area contributed by atoms with E-state index in [0.717, 1.165) is 10.0 Å². The summed E-state index contributed by atoms with van der Waals surface area (Å²) in [6, 6.07) is 12.4. The Morgan fingerprint density at radius 2 is 2.06 bits per heavy atom. The molecule has 1 aromatic carbocycles. The van der Waals surface area contributed by atoms with E-state index in [-0.39, 0.29) is 11.3 Å². The van der Waals surface area contributed by atoms with Crippen molar-refractivity contribution in [2.75, 3.05) is 0 Å². The molecule has 0 saturated heterocycles. The minimum atomic E-state index is -0.418. The zero-order chi connectivity index (χ0) is 13.0. The Bertz CT molecular complexity index is 636. The fourth-order valence-corrected chi connectivity index (χ4v) is 1.84. The molecule has 3 nitrogen and oxygen atoms in total. The predicted molar refractivity (Wildman–Crippen MR) is 70.8 cm³/mol. The highest BCUT2D eigenvalue weighted by atomic mass is 79.9. The van der Waals surface area contributed by atoms with Crippen molar-refractivity contribution < 1.29 is 9.21 Å². The fraction of sp³-hybridized carbons (Fsp3) is 0. The smallest absolute Gasteiger partial charge is 0.238 e. The van der Waals surface area contributed by atoms with Gasteiger partial charge in [0.1, 0.15) is 11.6 Å². The zero-order valence-corrected chi connectivity index (χ0v) is 10.8. The van der Waals surface area contributed by atoms with Crippen molar-refractivity contribution in [2.24, 2.45) is 0 Å². The van der Waals surface area contributed by atoms with Crippen LogP contribution in [0.15, 0.2) is 57.1 Å². The van der Waals surface area contributed by atoms with E-state index in [1.165, 1.54) is 18.4 Å². The quantitative estimate of drug-likeness (QED) is 0.492. The topological polar surface area (TPSA) is 54.0 Å². The molecule has 88 valence electrons. The molecule has 0 fully saturated rings. The molecule has 0 saturated carbocycles. The maximum atomic E-state index is 12.0. The molecule has 1 aromatic heterocycles. The first kappa shape index (κ1) is 12.3. The third-order valence-corrected chi connectivity index (χ3v) is 3.04. The van der Waals surface area contributed by atoms with Gasteiger partial charge < -0.3 is 4.42 Å². The van der Waals surface area contributed by atoms with Gasteiger partial charge in [-0.15, -0.1) is 0 Å². The monoisotopic (exact) mass is 301 g/mol. The van der Waals surface area contributed by atoms with Crippen molar-refractivity contribution in [1.82, 2.24) is 0 Å². The molecule has 2 rings (SSSR count). The lowest BCUT2D eigenvalue weighted by Crippen LogP contribution is -2.00. The van der Waals surface area contributed by atoms with E-state index in [4.69, 9.17) is 9.68 Å². The molecule has 0 aliphatic rings. The van der Waals surface area contributed by atoms with Crippen LogP contribution >= 0.6 is 15.9 Å². The van der Waals surface area contributed by atoms with Gasteiger partial charge in [-0.3, -0.25) is 4.79 Å². The SMILES string of the molecule is N#C/C(=C\c1ccccc1Br)C(=O)c1ccco1. The summed E-state index contributed by atoms with van der Waals surface area (Å²) in [7, 11) is 0. The molecule has 0 aliphatic carbocycles. The summed E-state index contributed by atoms with van der Waals surface area (Å²) in [5.74, 6) is -0.256. The molecule has 0 amide bonds. The number of halogens is 1. The number of allylic oxidation sites excluding steroid dienone is 1. The van der Waals surface area contributed by atoms with Crippen LogP contribution in [0, 0.1) is 11.3 Å². The molecule has 1 heterocycles. The molecule has 2 aromatic rings. The van der Waals surface area contributed by atoms with Crippen LogP contribution in [0.4, 0.5) is 0 Å². The fourth-order valence-electron chi connectivity index (χ4n) is 1.44. The van der Waals surface area contributed by atoms with E-state index < -0.39 is 5.78 Å². The third-order valence-electron chi connectivity index (χ3n) is 2.32. The Kier molecular flexibility index (Phi) is 3.75. The summed E-state index contributed by atoms with van der Waals surface area (Å²) in [6.07, 6.45) is 2.94. The Labute approximate surface area is 112 Å². The first-order chi connectivity index (χ1) is 8.72. The van der Waals surface area contributed by atoms with Crippen molar-refractivity contribution in [3.8, 4) is 6.07 Å². The average molecular weight is 302 g/mol. The molecular formula is C14H8BrNO2. The number of hydrogen-bond donors (Lipinski definition) is 0. The van der Waals surface area contributed by atoms with Crippen LogP contribution in [-0.2, 0) is 0 Å². The van der Waals surface area contributed by atoms with Crippen LogP contribution in [0.25, 0.3) is 6.08 Å². The van der Waals surface area contributed by atoms with Gasteiger partial charge in [-0.05, 0) is 29.8 Å². The average Bonchev–Trinajstić information content (AvgIpc) is 2.91. The summed E-state index contributed by atoms with van der Waals surface area (Å²) >= 11 is 3.36. The molecule has 0 atom stereocenters. The van der Waals surface area contributed by atoms with Gasteiger partial charge in [0.05, 0.1) is 6.26 Å². The minimum absolute atomic E-state index is 0.0388. The summed E-state index contributed by atoms with van der Waals surface area (Å²) in [5.41, 5.74) is 0.811. The van der Waals surface area contributed by atoms with E-state index >= 15 is 0 Å². The second kappa shape index (κ2) is 5.48. The number of benzene rings is 1. The van der Waals surface area contributed by atoms with E-state index in [2.05, 4.69) is 15.9 Å². The van der Waals surface area contributed by atoms with Crippen LogP contribution in [0.2, 0.25) is 0 Å². The Balaban J connectivity index is 2.39. The number of carbonyl (C=O) groups excluding carboxylic acids is 1. The molecule has 4 heteroatoms. The first-order valence-corrected chi connectivity index (χ1v) is 5.96. The number of carbonyl (C=O) groups is 1. The molecule has 0 radical (unpaired) electrons. The second-order valence-corrected chi connectivity index (χ2v) is 4.35. The van der Waals surface area contributed by atoms with Crippen LogP contribution in [-0.4, -0.2) is 5.78 Å². The van der Waals surface area contributed by atoms with Gasteiger partial charge in [0, 0.05) is 4.47 Å². The Morgan fingerprint density at radius 1 is 1.28 bits per heavy atom. The molecular weight excluding hydrogens is 294 g/mol. The minimum Gasteiger partial charge on any atom is -0.461 e. The maximum Gasteiger partial charge on any atom is 0.238 e. The Morgan fingerprint density at radius 3 is 2.67 bits per heavy atom. The van der Waals surface area contributed by atoms with E-state index in [1.54, 1.807) is 6.07 Å². The van der Waals surface area contributed by atoms with Crippen molar-refractivity contribution >= 4 is 27.8 Å². The highest BCUT2D eigenvalue weighted by Gasteiger charge is 2.14. The molecule has 18 heavy (non-hydrogen) atoms. The van der Waals surface area contributed by atoms with E-state index in [0.29, 0.717) is 0 Å². The molecule has 0 unspecified atom stereocenters. The first-order valence-electron chi connectivity index (χ1n) is 5.17. The summed E-state index contributed by atoms with van der Waals surface area (Å²) in [5, 5.41) is 9.05. The van der Waals surface area contributed by atoms with Crippen LogP contribution < -0.4 is 0 Å². The molecule has 0 aliphatic heterocycles. The maximum absolute atomic E-state index is 12.0. The largest absolute Gasteiger partial charge is 0.461 e. The number of furan rings is 1. The van der Waals surface area contributed by atoms with E-state index in [9.17, 15) is 4.79 Å². The standard InChI is InChI=1S/C14H8BrNO2/c15-12-5-2-1-4-10(12)8-11(9-16)14(17)13-6-3-7-18-13/h1-8H/b11-8+. The van der Waals surface area contributed by atoms with Crippen molar-refractivity contribution in [2.45, 2.75) is 0 Å². The second-order valence-electron chi connectivity index (χ2n) is 3.50. The lowest BCUT2D eigenvalue weighted by molar-refractivity contribution is 0.101. The number of hydrogen-bond acceptors (Lipinski definition) is 3. The van der Waals surface area contributed by atoms with Crippen LogP contribution in [0.3, 0.4) is 0 Å². The normalized spacial score (nSPS) is 11.0. The van der Waals surface area contributed by atoms with Crippen molar-refractivity contribution in [3.63, 3.8) is 0 Å². The van der Waals surface area contributed by atoms with Gasteiger partial charge >= 0.3 is 0 Å². The number of rotatable bonds is 3. The van der Waals surface area contributed by atoms with Gasteiger partial charge in [-0.1, -0.05) is 34.1 Å². The van der Waals surface area contributed by atoms with Crippen molar-refractivity contribution in [3.05, 3.63) is 64.0 Å². The van der Waals surface area contributed by atoms with Gasteiger partial charge in [-0.2, -0.15) is 5.26 Å². The predicted octanol–water partition coefficient (Wildman–Crippen LogP) is 3.83. The molecule has 0 spiro atoms. The Hall–Kier alpha value is -2.12. The van der Waals surface area contributed by atoms with Crippen LogP contribution in [0.1, 0.15) is 16.1 Å². The highest BCUT2D eigenvalue weighted by Crippen LogP contribution is 2.20. The number of ketones is 1. The van der Waals surface area contributed by atoms with Gasteiger partial charge in [-0.25, -0.2) is 0 Å². The third kappa shape index (κ3) is 2.58. The summed E-state index contributed by atoms with van der Waals surface area (Å²) < 4.78 is 5.82. The van der Waals surface area contributed by atoms with E-state index in [1.807, 2.05) is 30.3 Å². The van der Waals surface area contributed by atoms with Gasteiger partial charge in [0.2, 0.25) is 5.78 Å². The van der Waals surface area contributed by atoms with Gasteiger partial charge in [0.25, 0.3) is 0 Å². The molecule has 0 N–H and O–H groups in total. The lowest BCUT2D eigenvalue weighted by atomic mass is 10.1. The lowest BCUT2D eigenvalue weighted by Gasteiger charge is -1.99. The molecule has 0 bridgehead atoms. The summed E-state index contributed by atoms with van der Waals surface area (Å²) in [6.45, 7) is 0. The number of Topliss-reactive ketones (excluding diaryl/α,β-unsaturated/α-hetero) is 1. The number of nitrogens with zero attached hydrogens (tertiary/aromatic N) is 1.